The van der Waals surface area contributed by atoms with Crippen molar-refractivity contribution < 1.29 is 4.79 Å². The number of anilines is 1. The Hall–Kier alpha value is -1.58. The standard InChI is InChI=1S/C13H21N3O/c1-10(2)8-16-13(17)6-7-14-12-5-4-11(3)9-15-12/h4-5,9-10H,6-8H2,1-3H3,(H,14,15)(H,16,17). The molecule has 1 rings (SSSR count). The molecule has 94 valence electrons. The second kappa shape index (κ2) is 6.89. The molecule has 0 unspecified atom stereocenters. The summed E-state index contributed by atoms with van der Waals surface area (Å²) < 4.78 is 0. The van der Waals surface area contributed by atoms with Gasteiger partial charge < -0.3 is 10.6 Å². The highest BCUT2D eigenvalue weighted by molar-refractivity contribution is 5.76. The number of aromatic nitrogens is 1. The predicted octanol–water partition coefficient (Wildman–Crippen LogP) is 1.96. The van der Waals surface area contributed by atoms with E-state index in [0.717, 1.165) is 17.9 Å². The first-order valence-electron chi connectivity index (χ1n) is 6.01. The van der Waals surface area contributed by atoms with E-state index in [2.05, 4.69) is 29.5 Å². The van der Waals surface area contributed by atoms with Crippen LogP contribution in [0.1, 0.15) is 25.8 Å². The van der Waals surface area contributed by atoms with Crippen LogP contribution in [0.25, 0.3) is 0 Å². The molecule has 2 N–H and O–H groups in total. The van der Waals surface area contributed by atoms with Gasteiger partial charge in [0.15, 0.2) is 0 Å². The number of hydrogen-bond acceptors (Lipinski definition) is 3. The zero-order chi connectivity index (χ0) is 12.7. The molecule has 0 saturated carbocycles. The molecular formula is C13H21N3O. The van der Waals surface area contributed by atoms with Gasteiger partial charge in [0, 0.05) is 25.7 Å². The van der Waals surface area contributed by atoms with Gasteiger partial charge in [-0.05, 0) is 24.5 Å². The fourth-order valence-corrected chi connectivity index (χ4v) is 1.28. The number of rotatable bonds is 6. The van der Waals surface area contributed by atoms with Crippen LogP contribution in [0, 0.1) is 12.8 Å². The van der Waals surface area contributed by atoms with Gasteiger partial charge in [0.2, 0.25) is 5.91 Å². The second-order valence-electron chi connectivity index (χ2n) is 4.60. The summed E-state index contributed by atoms with van der Waals surface area (Å²) >= 11 is 0. The normalized spacial score (nSPS) is 10.4. The van der Waals surface area contributed by atoms with Crippen LogP contribution in [0.15, 0.2) is 18.3 Å². The van der Waals surface area contributed by atoms with Crippen LogP contribution in [0.5, 0.6) is 0 Å². The van der Waals surface area contributed by atoms with Gasteiger partial charge in [-0.3, -0.25) is 4.79 Å². The Kier molecular flexibility index (Phi) is 5.46. The molecule has 0 atom stereocenters. The SMILES string of the molecule is Cc1ccc(NCCC(=O)NCC(C)C)nc1. The van der Waals surface area contributed by atoms with Crippen LogP contribution < -0.4 is 10.6 Å². The first-order valence-corrected chi connectivity index (χ1v) is 6.01. The number of aryl methyl sites for hydroxylation is 1. The van der Waals surface area contributed by atoms with E-state index < -0.39 is 0 Å². The molecule has 4 heteroatoms. The van der Waals surface area contributed by atoms with E-state index in [-0.39, 0.29) is 5.91 Å². The summed E-state index contributed by atoms with van der Waals surface area (Å²) in [5, 5.41) is 6.00. The Morgan fingerprint density at radius 3 is 2.76 bits per heavy atom. The van der Waals surface area contributed by atoms with Gasteiger partial charge in [0.1, 0.15) is 5.82 Å². The molecule has 0 fully saturated rings. The number of hydrogen-bond donors (Lipinski definition) is 2. The molecular weight excluding hydrogens is 214 g/mol. The molecule has 1 amide bonds. The summed E-state index contributed by atoms with van der Waals surface area (Å²) in [6, 6.07) is 3.91. The summed E-state index contributed by atoms with van der Waals surface area (Å²) in [7, 11) is 0. The van der Waals surface area contributed by atoms with Crippen molar-refractivity contribution in [2.75, 3.05) is 18.4 Å². The minimum Gasteiger partial charge on any atom is -0.370 e. The molecule has 0 aliphatic carbocycles. The van der Waals surface area contributed by atoms with Crippen molar-refractivity contribution in [2.24, 2.45) is 5.92 Å². The number of nitrogens with zero attached hydrogens (tertiary/aromatic N) is 1. The fraction of sp³-hybridized carbons (Fsp3) is 0.538. The maximum atomic E-state index is 11.4. The number of nitrogens with one attached hydrogen (secondary N) is 2. The Labute approximate surface area is 103 Å². The predicted molar refractivity (Wildman–Crippen MR) is 69.9 cm³/mol. The lowest BCUT2D eigenvalue weighted by atomic mass is 10.2. The highest BCUT2D eigenvalue weighted by Crippen LogP contribution is 2.03. The minimum atomic E-state index is 0.0818. The molecule has 0 radical (unpaired) electrons. The monoisotopic (exact) mass is 235 g/mol. The maximum Gasteiger partial charge on any atom is 0.221 e. The third-order valence-corrected chi connectivity index (χ3v) is 2.28. The van der Waals surface area contributed by atoms with Crippen LogP contribution in [-0.4, -0.2) is 24.0 Å². The van der Waals surface area contributed by atoms with E-state index in [1.165, 1.54) is 0 Å². The number of carbonyl (C=O) groups excluding carboxylic acids is 1. The van der Waals surface area contributed by atoms with Crippen LogP contribution >= 0.6 is 0 Å². The Morgan fingerprint density at radius 1 is 1.41 bits per heavy atom. The highest BCUT2D eigenvalue weighted by Gasteiger charge is 2.02. The molecule has 1 aromatic rings. The Bertz CT molecular complexity index is 346. The number of pyridine rings is 1. The zero-order valence-corrected chi connectivity index (χ0v) is 10.8. The average molecular weight is 235 g/mol. The van der Waals surface area contributed by atoms with Crippen LogP contribution in [-0.2, 0) is 4.79 Å². The summed E-state index contributed by atoms with van der Waals surface area (Å²) in [6.07, 6.45) is 2.28. The lowest BCUT2D eigenvalue weighted by Gasteiger charge is -2.08. The quantitative estimate of drug-likeness (QED) is 0.792. The zero-order valence-electron chi connectivity index (χ0n) is 10.8. The minimum absolute atomic E-state index is 0.0818. The molecule has 0 saturated heterocycles. The van der Waals surface area contributed by atoms with E-state index in [0.29, 0.717) is 18.9 Å². The molecule has 1 heterocycles. The number of carbonyl (C=O) groups is 1. The molecule has 1 aromatic heterocycles. The molecule has 4 nitrogen and oxygen atoms in total. The van der Waals surface area contributed by atoms with E-state index in [4.69, 9.17) is 0 Å². The van der Waals surface area contributed by atoms with Gasteiger partial charge in [0.25, 0.3) is 0 Å². The summed E-state index contributed by atoms with van der Waals surface area (Å²) in [5.41, 5.74) is 1.13. The van der Waals surface area contributed by atoms with Crippen LogP contribution in [0.3, 0.4) is 0 Å². The van der Waals surface area contributed by atoms with Gasteiger partial charge in [-0.1, -0.05) is 19.9 Å². The third kappa shape index (κ3) is 5.90. The van der Waals surface area contributed by atoms with E-state index in [9.17, 15) is 4.79 Å². The van der Waals surface area contributed by atoms with Crippen molar-refractivity contribution in [1.82, 2.24) is 10.3 Å². The van der Waals surface area contributed by atoms with Crippen LogP contribution in [0.4, 0.5) is 5.82 Å². The van der Waals surface area contributed by atoms with E-state index in [1.54, 1.807) is 6.20 Å². The molecule has 0 aliphatic heterocycles. The molecule has 17 heavy (non-hydrogen) atoms. The van der Waals surface area contributed by atoms with E-state index in [1.807, 2.05) is 19.1 Å². The highest BCUT2D eigenvalue weighted by atomic mass is 16.1. The molecule has 0 bridgehead atoms. The van der Waals surface area contributed by atoms with Crippen molar-refractivity contribution in [3.8, 4) is 0 Å². The third-order valence-electron chi connectivity index (χ3n) is 2.28. The largest absolute Gasteiger partial charge is 0.370 e. The smallest absolute Gasteiger partial charge is 0.221 e. The fourth-order valence-electron chi connectivity index (χ4n) is 1.28. The summed E-state index contributed by atoms with van der Waals surface area (Å²) in [6.45, 7) is 7.50. The van der Waals surface area contributed by atoms with Gasteiger partial charge in [-0.25, -0.2) is 4.98 Å². The molecule has 0 spiro atoms. The molecule has 0 aliphatic rings. The summed E-state index contributed by atoms with van der Waals surface area (Å²) in [5.74, 6) is 1.39. The lowest BCUT2D eigenvalue weighted by Crippen LogP contribution is -2.28. The van der Waals surface area contributed by atoms with Gasteiger partial charge in [0.05, 0.1) is 0 Å². The first-order chi connectivity index (χ1) is 8.08. The van der Waals surface area contributed by atoms with Crippen molar-refractivity contribution in [3.05, 3.63) is 23.9 Å². The number of amides is 1. The van der Waals surface area contributed by atoms with Crippen LogP contribution in [0.2, 0.25) is 0 Å². The van der Waals surface area contributed by atoms with Gasteiger partial charge in [-0.15, -0.1) is 0 Å². The Balaban J connectivity index is 2.19. The Morgan fingerprint density at radius 2 is 2.18 bits per heavy atom. The first kappa shape index (κ1) is 13.5. The average Bonchev–Trinajstić information content (AvgIpc) is 2.29. The second-order valence-corrected chi connectivity index (χ2v) is 4.60. The van der Waals surface area contributed by atoms with Crippen molar-refractivity contribution >= 4 is 11.7 Å². The van der Waals surface area contributed by atoms with E-state index >= 15 is 0 Å². The summed E-state index contributed by atoms with van der Waals surface area (Å²) in [4.78, 5) is 15.6. The lowest BCUT2D eigenvalue weighted by molar-refractivity contribution is -0.120. The molecule has 0 aromatic carbocycles. The topological polar surface area (TPSA) is 54.0 Å². The maximum absolute atomic E-state index is 11.4. The van der Waals surface area contributed by atoms with Gasteiger partial charge in [-0.2, -0.15) is 0 Å². The van der Waals surface area contributed by atoms with Crippen molar-refractivity contribution in [2.45, 2.75) is 27.2 Å². The van der Waals surface area contributed by atoms with Gasteiger partial charge >= 0.3 is 0 Å². The van der Waals surface area contributed by atoms with Crippen molar-refractivity contribution in [1.29, 1.82) is 0 Å². The van der Waals surface area contributed by atoms with Crippen molar-refractivity contribution in [3.63, 3.8) is 0 Å².